The molecule has 2 saturated heterocycles. The van der Waals surface area contributed by atoms with Gasteiger partial charge in [-0.15, -0.1) is 0 Å². The summed E-state index contributed by atoms with van der Waals surface area (Å²) < 4.78 is 33.1. The molecule has 3 atom stereocenters. The Morgan fingerprint density at radius 1 is 1.48 bits per heavy atom. The molecule has 1 aromatic rings. The van der Waals surface area contributed by atoms with E-state index < -0.39 is 29.2 Å². The molecule has 3 rings (SSSR count). The van der Waals surface area contributed by atoms with Crippen LogP contribution >= 0.6 is 0 Å². The van der Waals surface area contributed by atoms with Crippen molar-refractivity contribution < 1.29 is 23.1 Å². The Morgan fingerprint density at radius 2 is 2.22 bits per heavy atom. The third-order valence-corrected chi connectivity index (χ3v) is 4.55. The maximum Gasteiger partial charge on any atom is 0.233 e. The summed E-state index contributed by atoms with van der Waals surface area (Å²) in [6, 6.07) is 3.19. The molecule has 0 aliphatic carbocycles. The summed E-state index contributed by atoms with van der Waals surface area (Å²) in [5.74, 6) is -2.20. The maximum absolute atomic E-state index is 14.4. The van der Waals surface area contributed by atoms with Gasteiger partial charge in [-0.2, -0.15) is 0 Å². The van der Waals surface area contributed by atoms with Crippen LogP contribution in [0.3, 0.4) is 0 Å². The van der Waals surface area contributed by atoms with E-state index in [1.54, 1.807) is 7.05 Å². The molecule has 1 aromatic carbocycles. The van der Waals surface area contributed by atoms with Crippen molar-refractivity contribution in [1.29, 1.82) is 0 Å². The van der Waals surface area contributed by atoms with Crippen molar-refractivity contribution >= 4 is 12.2 Å². The molecule has 7 heteroatoms. The Bertz CT molecular complexity index is 694. The highest BCUT2D eigenvalue weighted by atomic mass is 19.1. The molecule has 0 unspecified atom stereocenters. The van der Waals surface area contributed by atoms with Crippen molar-refractivity contribution in [3.05, 3.63) is 47.8 Å². The number of carbonyl (C=O) groups excluding carboxylic acids is 2. The van der Waals surface area contributed by atoms with E-state index in [0.29, 0.717) is 12.1 Å². The first-order valence-electron chi connectivity index (χ1n) is 7.16. The van der Waals surface area contributed by atoms with Crippen LogP contribution in [-0.2, 0) is 19.9 Å². The highest BCUT2D eigenvalue weighted by Crippen LogP contribution is 2.43. The smallest absolute Gasteiger partial charge is 0.233 e. The van der Waals surface area contributed by atoms with Crippen LogP contribution in [0.1, 0.15) is 12.0 Å². The fourth-order valence-electron chi connectivity index (χ4n) is 3.26. The van der Waals surface area contributed by atoms with E-state index in [0.717, 1.165) is 12.1 Å². The third kappa shape index (κ3) is 2.31. The lowest BCUT2D eigenvalue weighted by Gasteiger charge is -2.51. The van der Waals surface area contributed by atoms with Gasteiger partial charge in [-0.05, 0) is 12.5 Å². The largest absolute Gasteiger partial charge is 0.368 e. The van der Waals surface area contributed by atoms with Crippen LogP contribution in [0.4, 0.5) is 8.78 Å². The standard InChI is InChI=1S/C16H16F2N2O3/c1-9-19-16(12-4-3-10(17)5-14(12)18)8-23-11(7-21)6-13(16)15(22)20(9)2/h3-5,7,11,13,19H,1,6,8H2,2H3/t11-,13+,16-/m1/s1. The minimum absolute atomic E-state index is 0.0950. The molecule has 0 aromatic heterocycles. The van der Waals surface area contributed by atoms with Crippen molar-refractivity contribution in [2.45, 2.75) is 18.1 Å². The van der Waals surface area contributed by atoms with E-state index in [2.05, 4.69) is 11.9 Å². The predicted molar refractivity (Wildman–Crippen MR) is 77.0 cm³/mol. The number of hydrogen-bond acceptors (Lipinski definition) is 4. The summed E-state index contributed by atoms with van der Waals surface area (Å²) in [6.07, 6.45) is 0.00736. The monoisotopic (exact) mass is 322 g/mol. The average molecular weight is 322 g/mol. The molecule has 0 bridgehead atoms. The normalized spacial score (nSPS) is 30.7. The van der Waals surface area contributed by atoms with Crippen LogP contribution in [-0.4, -0.2) is 36.9 Å². The van der Waals surface area contributed by atoms with Crippen molar-refractivity contribution in [3.63, 3.8) is 0 Å². The SMILES string of the molecule is C=C1N[C@@]2(c3ccc(F)cc3F)CO[C@@H](C=O)C[C@H]2C(=O)N1C. The topological polar surface area (TPSA) is 58.6 Å². The van der Waals surface area contributed by atoms with Gasteiger partial charge in [0, 0.05) is 18.7 Å². The molecule has 2 aliphatic heterocycles. The van der Waals surface area contributed by atoms with E-state index in [-0.39, 0.29) is 24.5 Å². The number of fused-ring (bicyclic) bond motifs is 1. The molecule has 23 heavy (non-hydrogen) atoms. The fourth-order valence-corrected chi connectivity index (χ4v) is 3.26. The molecule has 1 amide bonds. The van der Waals surface area contributed by atoms with Crippen LogP contribution in [0.25, 0.3) is 0 Å². The van der Waals surface area contributed by atoms with Gasteiger partial charge in [0.15, 0.2) is 0 Å². The number of hydrogen-bond donors (Lipinski definition) is 1. The number of nitrogens with one attached hydrogen (secondary N) is 1. The van der Waals surface area contributed by atoms with E-state index in [9.17, 15) is 18.4 Å². The average Bonchev–Trinajstić information content (AvgIpc) is 2.52. The summed E-state index contributed by atoms with van der Waals surface area (Å²) in [6.45, 7) is 3.67. The first-order valence-corrected chi connectivity index (χ1v) is 7.16. The quantitative estimate of drug-likeness (QED) is 0.834. The molecular formula is C16H16F2N2O3. The van der Waals surface area contributed by atoms with E-state index in [1.165, 1.54) is 11.0 Å². The minimum atomic E-state index is -1.21. The van der Waals surface area contributed by atoms with Crippen LogP contribution in [0, 0.1) is 17.6 Å². The lowest BCUT2D eigenvalue weighted by Crippen LogP contribution is -2.66. The van der Waals surface area contributed by atoms with Gasteiger partial charge in [0.2, 0.25) is 5.91 Å². The van der Waals surface area contributed by atoms with Gasteiger partial charge in [-0.1, -0.05) is 12.6 Å². The summed E-state index contributed by atoms with van der Waals surface area (Å²) in [7, 11) is 1.55. The Balaban J connectivity index is 2.13. The van der Waals surface area contributed by atoms with Crippen LogP contribution in [0.5, 0.6) is 0 Å². The number of benzene rings is 1. The molecule has 2 aliphatic rings. The second-order valence-corrected chi connectivity index (χ2v) is 5.84. The first-order chi connectivity index (χ1) is 10.9. The molecular weight excluding hydrogens is 306 g/mol. The zero-order valence-electron chi connectivity index (χ0n) is 12.5. The van der Waals surface area contributed by atoms with Gasteiger partial charge < -0.3 is 19.7 Å². The predicted octanol–water partition coefficient (Wildman–Crippen LogP) is 1.30. The molecule has 122 valence electrons. The van der Waals surface area contributed by atoms with Gasteiger partial charge in [0.25, 0.3) is 0 Å². The number of nitrogens with zero attached hydrogens (tertiary/aromatic N) is 1. The Kier molecular flexibility index (Phi) is 3.68. The molecule has 0 spiro atoms. The summed E-state index contributed by atoms with van der Waals surface area (Å²) >= 11 is 0. The van der Waals surface area contributed by atoms with Crippen molar-refractivity contribution in [2.75, 3.05) is 13.7 Å². The summed E-state index contributed by atoms with van der Waals surface area (Å²) in [5, 5.41) is 3.04. The first kappa shape index (κ1) is 15.6. The van der Waals surface area contributed by atoms with E-state index >= 15 is 0 Å². The number of halogens is 2. The maximum atomic E-state index is 14.4. The molecule has 0 saturated carbocycles. The fraction of sp³-hybridized carbons (Fsp3) is 0.375. The van der Waals surface area contributed by atoms with Gasteiger partial charge in [0.05, 0.1) is 12.5 Å². The summed E-state index contributed by atoms with van der Waals surface area (Å²) in [4.78, 5) is 25.0. The zero-order chi connectivity index (χ0) is 16.8. The Hall–Kier alpha value is -2.28. The molecule has 0 radical (unpaired) electrons. The number of rotatable bonds is 2. The van der Waals surface area contributed by atoms with E-state index in [4.69, 9.17) is 4.74 Å². The lowest BCUT2D eigenvalue weighted by atomic mass is 9.72. The van der Waals surface area contributed by atoms with Gasteiger partial charge in [-0.3, -0.25) is 4.79 Å². The Labute approximate surface area is 131 Å². The highest BCUT2D eigenvalue weighted by molar-refractivity contribution is 5.84. The zero-order valence-corrected chi connectivity index (χ0v) is 12.5. The molecule has 5 nitrogen and oxygen atoms in total. The van der Waals surface area contributed by atoms with Crippen LogP contribution in [0.15, 0.2) is 30.6 Å². The highest BCUT2D eigenvalue weighted by Gasteiger charge is 2.54. The second kappa shape index (κ2) is 5.42. The molecule has 2 fully saturated rings. The lowest BCUT2D eigenvalue weighted by molar-refractivity contribution is -0.155. The van der Waals surface area contributed by atoms with Crippen molar-refractivity contribution in [1.82, 2.24) is 10.2 Å². The molecule has 1 N–H and O–H groups in total. The number of ether oxygens (including phenoxy) is 1. The summed E-state index contributed by atoms with van der Waals surface area (Å²) in [5.41, 5.74) is -1.09. The number of amides is 1. The van der Waals surface area contributed by atoms with Gasteiger partial charge in [0.1, 0.15) is 35.4 Å². The second-order valence-electron chi connectivity index (χ2n) is 5.84. The van der Waals surface area contributed by atoms with Gasteiger partial charge >= 0.3 is 0 Å². The minimum Gasteiger partial charge on any atom is -0.368 e. The van der Waals surface area contributed by atoms with Crippen LogP contribution in [0.2, 0.25) is 0 Å². The Morgan fingerprint density at radius 3 is 2.87 bits per heavy atom. The van der Waals surface area contributed by atoms with Crippen molar-refractivity contribution in [3.8, 4) is 0 Å². The van der Waals surface area contributed by atoms with Crippen LogP contribution < -0.4 is 5.32 Å². The third-order valence-electron chi connectivity index (χ3n) is 4.55. The molecule has 2 heterocycles. The van der Waals surface area contributed by atoms with E-state index in [1.807, 2.05) is 0 Å². The number of aldehydes is 1. The van der Waals surface area contributed by atoms with Gasteiger partial charge in [-0.25, -0.2) is 8.78 Å². The van der Waals surface area contributed by atoms with Crippen molar-refractivity contribution in [2.24, 2.45) is 5.92 Å². The number of carbonyl (C=O) groups is 2.